The van der Waals surface area contributed by atoms with Crippen molar-refractivity contribution in [2.75, 3.05) is 20.6 Å². The molecule has 0 radical (unpaired) electrons. The predicted octanol–water partition coefficient (Wildman–Crippen LogP) is 1.38. The number of hydrogen-bond donors (Lipinski definition) is 1. The van der Waals surface area contributed by atoms with Crippen LogP contribution < -0.4 is 5.32 Å². The van der Waals surface area contributed by atoms with Crippen LogP contribution >= 0.6 is 0 Å². The summed E-state index contributed by atoms with van der Waals surface area (Å²) in [5.74, 6) is 0. The number of aromatic nitrogens is 2. The Labute approximate surface area is 104 Å². The normalized spacial score (nSPS) is 19.1. The van der Waals surface area contributed by atoms with Gasteiger partial charge in [0.25, 0.3) is 0 Å². The van der Waals surface area contributed by atoms with Gasteiger partial charge in [0.15, 0.2) is 0 Å². The molecule has 4 nitrogen and oxygen atoms in total. The van der Waals surface area contributed by atoms with Crippen LogP contribution in [0.15, 0.2) is 12.3 Å². The minimum absolute atomic E-state index is 0.370. The maximum atomic E-state index is 4.38. The molecule has 0 spiro atoms. The predicted molar refractivity (Wildman–Crippen MR) is 69.8 cm³/mol. The topological polar surface area (TPSA) is 33.1 Å². The van der Waals surface area contributed by atoms with Gasteiger partial charge < -0.3 is 10.2 Å². The van der Waals surface area contributed by atoms with Crippen molar-refractivity contribution in [3.05, 3.63) is 18.0 Å². The zero-order valence-electron chi connectivity index (χ0n) is 11.2. The van der Waals surface area contributed by atoms with Crippen molar-refractivity contribution in [2.45, 2.75) is 37.8 Å². The van der Waals surface area contributed by atoms with Crippen LogP contribution in [0.25, 0.3) is 0 Å². The number of nitrogens with zero attached hydrogens (tertiary/aromatic N) is 3. The molecule has 17 heavy (non-hydrogen) atoms. The summed E-state index contributed by atoms with van der Waals surface area (Å²) in [5, 5.41) is 7.94. The van der Waals surface area contributed by atoms with E-state index in [0.717, 1.165) is 18.8 Å². The van der Waals surface area contributed by atoms with Crippen LogP contribution in [0.4, 0.5) is 0 Å². The highest BCUT2D eigenvalue weighted by atomic mass is 15.3. The van der Waals surface area contributed by atoms with Crippen LogP contribution in [0.5, 0.6) is 0 Å². The molecule has 1 aromatic heterocycles. The second-order valence-corrected chi connectivity index (χ2v) is 5.41. The quantitative estimate of drug-likeness (QED) is 0.838. The molecule has 0 unspecified atom stereocenters. The number of nitrogens with one attached hydrogen (secondary N) is 1. The van der Waals surface area contributed by atoms with Gasteiger partial charge >= 0.3 is 0 Å². The molecule has 0 bridgehead atoms. The molecule has 1 aliphatic carbocycles. The van der Waals surface area contributed by atoms with Crippen molar-refractivity contribution in [3.63, 3.8) is 0 Å². The van der Waals surface area contributed by atoms with E-state index in [0.29, 0.717) is 5.54 Å². The fraction of sp³-hybridized carbons (Fsp3) is 0.769. The molecule has 4 heteroatoms. The summed E-state index contributed by atoms with van der Waals surface area (Å²) in [6.45, 7) is 1.94. The van der Waals surface area contributed by atoms with E-state index in [1.165, 1.54) is 25.7 Å². The minimum Gasteiger partial charge on any atom is -0.309 e. The van der Waals surface area contributed by atoms with E-state index in [1.54, 1.807) is 0 Å². The molecule has 0 saturated heterocycles. The van der Waals surface area contributed by atoms with Crippen molar-refractivity contribution in [3.8, 4) is 0 Å². The molecule has 2 rings (SSSR count). The first kappa shape index (κ1) is 12.6. The number of rotatable bonds is 5. The highest BCUT2D eigenvalue weighted by molar-refractivity contribution is 5.00. The third-order valence-electron chi connectivity index (χ3n) is 4.01. The van der Waals surface area contributed by atoms with E-state index in [4.69, 9.17) is 0 Å². The lowest BCUT2D eigenvalue weighted by atomic mass is 9.96. The first-order chi connectivity index (χ1) is 8.12. The van der Waals surface area contributed by atoms with Crippen LogP contribution in [-0.4, -0.2) is 40.9 Å². The van der Waals surface area contributed by atoms with Crippen LogP contribution in [0.2, 0.25) is 0 Å². The van der Waals surface area contributed by atoms with E-state index in [9.17, 15) is 0 Å². The third kappa shape index (κ3) is 2.87. The largest absolute Gasteiger partial charge is 0.309 e. The zero-order valence-corrected chi connectivity index (χ0v) is 11.2. The van der Waals surface area contributed by atoms with E-state index in [2.05, 4.69) is 35.5 Å². The molecule has 1 saturated carbocycles. The fourth-order valence-electron chi connectivity index (χ4n) is 2.80. The zero-order chi connectivity index (χ0) is 12.3. The van der Waals surface area contributed by atoms with E-state index < -0.39 is 0 Å². The van der Waals surface area contributed by atoms with Crippen molar-refractivity contribution in [1.29, 1.82) is 0 Å². The third-order valence-corrected chi connectivity index (χ3v) is 4.01. The van der Waals surface area contributed by atoms with Crippen LogP contribution in [0, 0.1) is 0 Å². The van der Waals surface area contributed by atoms with Crippen molar-refractivity contribution >= 4 is 0 Å². The molecule has 1 aromatic rings. The van der Waals surface area contributed by atoms with Gasteiger partial charge in [-0.1, -0.05) is 12.8 Å². The molecule has 0 atom stereocenters. The van der Waals surface area contributed by atoms with Crippen molar-refractivity contribution in [1.82, 2.24) is 20.0 Å². The van der Waals surface area contributed by atoms with Gasteiger partial charge in [-0.2, -0.15) is 5.10 Å². The summed E-state index contributed by atoms with van der Waals surface area (Å²) in [6, 6.07) is 2.07. The molecule has 0 aromatic carbocycles. The van der Waals surface area contributed by atoms with E-state index in [-0.39, 0.29) is 0 Å². The van der Waals surface area contributed by atoms with Gasteiger partial charge in [0.2, 0.25) is 0 Å². The van der Waals surface area contributed by atoms with Crippen LogP contribution in [-0.2, 0) is 13.6 Å². The Morgan fingerprint density at radius 2 is 2.12 bits per heavy atom. The lowest BCUT2D eigenvalue weighted by molar-refractivity contribution is 0.153. The van der Waals surface area contributed by atoms with Gasteiger partial charge in [-0.15, -0.1) is 0 Å². The Kier molecular flexibility index (Phi) is 3.84. The Hall–Kier alpha value is -0.870. The molecule has 0 aliphatic heterocycles. The SMILES string of the molecule is CN(C)C1(CNCc2ccn(C)n2)CCCC1. The number of aryl methyl sites for hydroxylation is 1. The van der Waals surface area contributed by atoms with Gasteiger partial charge in [0, 0.05) is 31.9 Å². The average molecular weight is 236 g/mol. The molecule has 1 N–H and O–H groups in total. The fourth-order valence-corrected chi connectivity index (χ4v) is 2.80. The second kappa shape index (κ2) is 5.19. The van der Waals surface area contributed by atoms with Crippen molar-refractivity contribution in [2.24, 2.45) is 7.05 Å². The van der Waals surface area contributed by atoms with Gasteiger partial charge in [-0.3, -0.25) is 4.68 Å². The minimum atomic E-state index is 0.370. The molecule has 1 fully saturated rings. The molecule has 0 amide bonds. The van der Waals surface area contributed by atoms with Crippen LogP contribution in [0.3, 0.4) is 0 Å². The first-order valence-electron chi connectivity index (χ1n) is 6.49. The highest BCUT2D eigenvalue weighted by Crippen LogP contribution is 2.33. The lowest BCUT2D eigenvalue weighted by Crippen LogP contribution is -2.49. The van der Waals surface area contributed by atoms with E-state index in [1.807, 2.05) is 17.9 Å². The molecule has 1 aliphatic rings. The molecule has 96 valence electrons. The second-order valence-electron chi connectivity index (χ2n) is 5.41. The van der Waals surface area contributed by atoms with Gasteiger partial charge in [0.05, 0.1) is 5.69 Å². The maximum Gasteiger partial charge on any atom is 0.0762 e. The summed E-state index contributed by atoms with van der Waals surface area (Å²) in [7, 11) is 6.36. The summed E-state index contributed by atoms with van der Waals surface area (Å²) < 4.78 is 1.86. The van der Waals surface area contributed by atoms with Gasteiger partial charge in [0.1, 0.15) is 0 Å². The number of likely N-dealkylation sites (N-methyl/N-ethyl adjacent to an activating group) is 1. The molecular formula is C13H24N4. The molecular weight excluding hydrogens is 212 g/mol. The molecule has 1 heterocycles. The number of hydrogen-bond acceptors (Lipinski definition) is 3. The van der Waals surface area contributed by atoms with Gasteiger partial charge in [-0.25, -0.2) is 0 Å². The standard InChI is InChI=1S/C13H24N4/c1-16(2)13(7-4-5-8-13)11-14-10-12-6-9-17(3)15-12/h6,9,14H,4-5,7-8,10-11H2,1-3H3. The smallest absolute Gasteiger partial charge is 0.0762 e. The Morgan fingerprint density at radius 3 is 2.65 bits per heavy atom. The summed E-state index contributed by atoms with van der Waals surface area (Å²) in [4.78, 5) is 2.39. The summed E-state index contributed by atoms with van der Waals surface area (Å²) in [5.41, 5.74) is 1.49. The first-order valence-corrected chi connectivity index (χ1v) is 6.49. The Morgan fingerprint density at radius 1 is 1.41 bits per heavy atom. The average Bonchev–Trinajstić information content (AvgIpc) is 2.89. The summed E-state index contributed by atoms with van der Waals surface area (Å²) >= 11 is 0. The highest BCUT2D eigenvalue weighted by Gasteiger charge is 2.35. The maximum absolute atomic E-state index is 4.38. The van der Waals surface area contributed by atoms with Crippen molar-refractivity contribution < 1.29 is 0 Å². The summed E-state index contributed by atoms with van der Waals surface area (Å²) in [6.07, 6.45) is 7.35. The van der Waals surface area contributed by atoms with E-state index >= 15 is 0 Å². The monoisotopic (exact) mass is 236 g/mol. The van der Waals surface area contributed by atoms with Gasteiger partial charge in [-0.05, 0) is 33.0 Å². The lowest BCUT2D eigenvalue weighted by Gasteiger charge is -2.36. The van der Waals surface area contributed by atoms with Crippen LogP contribution in [0.1, 0.15) is 31.4 Å². The Balaban J connectivity index is 1.84. The Bertz CT molecular complexity index is 350.